The molecule has 24 heavy (non-hydrogen) atoms. The number of ether oxygens (including phenoxy) is 1. The second-order valence-electron chi connectivity index (χ2n) is 5.24. The van der Waals surface area contributed by atoms with Crippen LogP contribution in [0.2, 0.25) is 0 Å². The van der Waals surface area contributed by atoms with Crippen molar-refractivity contribution in [2.45, 2.75) is 19.6 Å². The Bertz CT molecular complexity index is 812. The highest BCUT2D eigenvalue weighted by Crippen LogP contribution is 2.19. The molecule has 0 aliphatic carbocycles. The van der Waals surface area contributed by atoms with E-state index < -0.39 is 21.8 Å². The predicted molar refractivity (Wildman–Crippen MR) is 88.1 cm³/mol. The van der Waals surface area contributed by atoms with Crippen molar-refractivity contribution in [3.63, 3.8) is 0 Å². The van der Waals surface area contributed by atoms with Gasteiger partial charge in [-0.15, -0.1) is 0 Å². The summed E-state index contributed by atoms with van der Waals surface area (Å²) >= 11 is 0. The predicted octanol–water partition coefficient (Wildman–Crippen LogP) is 2.91. The largest absolute Gasteiger partial charge is 0.489 e. The minimum Gasteiger partial charge on any atom is -0.489 e. The number of rotatable bonds is 7. The van der Waals surface area contributed by atoms with Crippen LogP contribution < -0.4 is 9.46 Å². The van der Waals surface area contributed by atoms with Crippen LogP contribution in [0.5, 0.6) is 5.75 Å². The minimum absolute atomic E-state index is 0.295. The Morgan fingerprint density at radius 2 is 1.79 bits per heavy atom. The molecule has 2 aromatic rings. The zero-order valence-electron chi connectivity index (χ0n) is 13.1. The van der Waals surface area contributed by atoms with E-state index in [9.17, 15) is 12.8 Å². The van der Waals surface area contributed by atoms with Crippen LogP contribution in [0.25, 0.3) is 0 Å². The van der Waals surface area contributed by atoms with Crippen molar-refractivity contribution in [3.8, 4) is 11.8 Å². The SMILES string of the molecule is CC(NS(=O)(=O)CC#N)c1ccc(OCc2ccc(F)cc2)cc1. The average Bonchev–Trinajstić information content (AvgIpc) is 2.54. The smallest absolute Gasteiger partial charge is 0.225 e. The number of halogens is 1. The first-order valence-electron chi connectivity index (χ1n) is 7.24. The maximum atomic E-state index is 12.8. The van der Waals surface area contributed by atoms with Gasteiger partial charge in [-0.05, 0) is 42.3 Å². The summed E-state index contributed by atoms with van der Waals surface area (Å²) in [4.78, 5) is 0. The second kappa shape index (κ2) is 7.90. The van der Waals surface area contributed by atoms with Crippen LogP contribution >= 0.6 is 0 Å². The molecule has 126 valence electrons. The zero-order chi connectivity index (χ0) is 17.6. The molecule has 0 aliphatic heterocycles. The van der Waals surface area contributed by atoms with Crippen LogP contribution in [0.4, 0.5) is 4.39 Å². The first-order valence-corrected chi connectivity index (χ1v) is 8.89. The molecular weight excluding hydrogens is 331 g/mol. The summed E-state index contributed by atoms with van der Waals surface area (Å²) < 4.78 is 44.0. The first kappa shape index (κ1) is 17.9. The van der Waals surface area contributed by atoms with E-state index in [1.807, 2.05) is 0 Å². The lowest BCUT2D eigenvalue weighted by Gasteiger charge is -2.14. The third kappa shape index (κ3) is 5.33. The van der Waals surface area contributed by atoms with Crippen LogP contribution in [-0.4, -0.2) is 14.2 Å². The summed E-state index contributed by atoms with van der Waals surface area (Å²) in [6, 6.07) is 14.2. The summed E-state index contributed by atoms with van der Waals surface area (Å²) in [5.74, 6) is -0.248. The van der Waals surface area contributed by atoms with Crippen molar-refractivity contribution in [3.05, 3.63) is 65.5 Å². The lowest BCUT2D eigenvalue weighted by atomic mass is 10.1. The maximum absolute atomic E-state index is 12.8. The Hall–Kier alpha value is -2.43. The van der Waals surface area contributed by atoms with Gasteiger partial charge in [0, 0.05) is 6.04 Å². The highest BCUT2D eigenvalue weighted by Gasteiger charge is 2.15. The lowest BCUT2D eigenvalue weighted by Crippen LogP contribution is -2.28. The molecule has 5 nitrogen and oxygen atoms in total. The molecule has 0 spiro atoms. The van der Waals surface area contributed by atoms with Crippen LogP contribution in [0, 0.1) is 17.1 Å². The Labute approximate surface area is 140 Å². The molecule has 0 bridgehead atoms. The monoisotopic (exact) mass is 348 g/mol. The van der Waals surface area contributed by atoms with Crippen molar-refractivity contribution >= 4 is 10.0 Å². The van der Waals surface area contributed by atoms with Gasteiger partial charge in [0.25, 0.3) is 0 Å². The van der Waals surface area contributed by atoms with Gasteiger partial charge in [0.2, 0.25) is 10.0 Å². The quantitative estimate of drug-likeness (QED) is 0.834. The highest BCUT2D eigenvalue weighted by atomic mass is 32.2. The molecule has 1 N–H and O–H groups in total. The Morgan fingerprint density at radius 1 is 1.17 bits per heavy atom. The van der Waals surface area contributed by atoms with E-state index in [1.54, 1.807) is 49.4 Å². The third-order valence-electron chi connectivity index (χ3n) is 3.31. The number of nitrogens with one attached hydrogen (secondary N) is 1. The van der Waals surface area contributed by atoms with Gasteiger partial charge in [0.1, 0.15) is 18.2 Å². The van der Waals surface area contributed by atoms with Crippen LogP contribution in [-0.2, 0) is 16.6 Å². The Kier molecular flexibility index (Phi) is 5.90. The first-order chi connectivity index (χ1) is 11.4. The van der Waals surface area contributed by atoms with Gasteiger partial charge in [-0.1, -0.05) is 24.3 Å². The van der Waals surface area contributed by atoms with Crippen molar-refractivity contribution in [1.82, 2.24) is 4.72 Å². The van der Waals surface area contributed by atoms with E-state index in [2.05, 4.69) is 4.72 Å². The van der Waals surface area contributed by atoms with E-state index in [0.29, 0.717) is 12.4 Å². The number of sulfonamides is 1. The van der Waals surface area contributed by atoms with Gasteiger partial charge in [0.05, 0.1) is 6.07 Å². The molecule has 1 unspecified atom stereocenters. The van der Waals surface area contributed by atoms with Crippen LogP contribution in [0.1, 0.15) is 24.1 Å². The van der Waals surface area contributed by atoms with Crippen molar-refractivity contribution in [2.75, 3.05) is 5.75 Å². The van der Waals surface area contributed by atoms with Gasteiger partial charge in [0.15, 0.2) is 5.75 Å². The van der Waals surface area contributed by atoms with E-state index in [4.69, 9.17) is 10.00 Å². The Morgan fingerprint density at radius 3 is 2.38 bits per heavy atom. The molecule has 2 aromatic carbocycles. The minimum atomic E-state index is -3.61. The summed E-state index contributed by atoms with van der Waals surface area (Å²) in [6.07, 6.45) is 0. The topological polar surface area (TPSA) is 79.2 Å². The zero-order valence-corrected chi connectivity index (χ0v) is 13.9. The normalized spacial score (nSPS) is 12.4. The molecule has 0 amide bonds. The number of nitriles is 1. The third-order valence-corrected chi connectivity index (χ3v) is 4.53. The van der Waals surface area contributed by atoms with Crippen molar-refractivity contribution in [2.24, 2.45) is 0 Å². The van der Waals surface area contributed by atoms with Crippen molar-refractivity contribution < 1.29 is 17.5 Å². The maximum Gasteiger partial charge on any atom is 0.225 e. The lowest BCUT2D eigenvalue weighted by molar-refractivity contribution is 0.306. The summed E-state index contributed by atoms with van der Waals surface area (Å²) in [7, 11) is -3.61. The summed E-state index contributed by atoms with van der Waals surface area (Å²) in [5, 5.41) is 8.48. The molecule has 0 aliphatic rings. The van der Waals surface area contributed by atoms with Crippen LogP contribution in [0.15, 0.2) is 48.5 Å². The van der Waals surface area contributed by atoms with Gasteiger partial charge in [-0.2, -0.15) is 5.26 Å². The van der Waals surface area contributed by atoms with E-state index in [0.717, 1.165) is 11.1 Å². The average molecular weight is 348 g/mol. The molecule has 1 atom stereocenters. The van der Waals surface area contributed by atoms with E-state index in [1.165, 1.54) is 12.1 Å². The molecular formula is C17H17FN2O3S. The molecule has 0 radical (unpaired) electrons. The standard InChI is InChI=1S/C17H17FN2O3S/c1-13(20-24(21,22)11-10-19)15-4-8-17(9-5-15)23-12-14-2-6-16(18)7-3-14/h2-9,13,20H,11-12H2,1H3. The molecule has 0 saturated heterocycles. The number of nitrogens with zero attached hydrogens (tertiary/aromatic N) is 1. The summed E-state index contributed by atoms with van der Waals surface area (Å²) in [5.41, 5.74) is 1.60. The molecule has 7 heteroatoms. The van der Waals surface area contributed by atoms with E-state index >= 15 is 0 Å². The van der Waals surface area contributed by atoms with Crippen molar-refractivity contribution in [1.29, 1.82) is 5.26 Å². The second-order valence-corrected chi connectivity index (χ2v) is 6.99. The van der Waals surface area contributed by atoms with Gasteiger partial charge in [-0.25, -0.2) is 17.5 Å². The van der Waals surface area contributed by atoms with E-state index in [-0.39, 0.29) is 5.82 Å². The number of hydrogen-bond acceptors (Lipinski definition) is 4. The molecule has 0 aromatic heterocycles. The number of hydrogen-bond donors (Lipinski definition) is 1. The fourth-order valence-electron chi connectivity index (χ4n) is 2.06. The van der Waals surface area contributed by atoms with Gasteiger partial charge in [-0.3, -0.25) is 0 Å². The molecule has 0 saturated carbocycles. The molecule has 2 rings (SSSR count). The fraction of sp³-hybridized carbons (Fsp3) is 0.235. The molecule has 0 fully saturated rings. The highest BCUT2D eigenvalue weighted by molar-refractivity contribution is 7.89. The van der Waals surface area contributed by atoms with Gasteiger partial charge >= 0.3 is 0 Å². The fourth-order valence-corrected chi connectivity index (χ4v) is 2.99. The summed E-state index contributed by atoms with van der Waals surface area (Å²) in [6.45, 7) is 2.01. The van der Waals surface area contributed by atoms with Crippen LogP contribution in [0.3, 0.4) is 0 Å². The van der Waals surface area contributed by atoms with Gasteiger partial charge < -0.3 is 4.74 Å². The Balaban J connectivity index is 1.95. The number of benzene rings is 2. The molecule has 0 heterocycles.